The quantitative estimate of drug-likeness (QED) is 0.595. The van der Waals surface area contributed by atoms with Gasteiger partial charge in [0.1, 0.15) is 0 Å². The van der Waals surface area contributed by atoms with E-state index in [9.17, 15) is 9.59 Å². The van der Waals surface area contributed by atoms with Crippen molar-refractivity contribution in [1.82, 2.24) is 5.32 Å². The number of anilines is 1. The summed E-state index contributed by atoms with van der Waals surface area (Å²) in [6, 6.07) is 7.21. The molecule has 0 bridgehead atoms. The lowest BCUT2D eigenvalue weighted by Gasteiger charge is -2.05. The highest BCUT2D eigenvalue weighted by Gasteiger charge is 2.02. The van der Waals surface area contributed by atoms with Crippen molar-refractivity contribution in [2.24, 2.45) is 5.16 Å². The highest BCUT2D eigenvalue weighted by molar-refractivity contribution is 5.99. The van der Waals surface area contributed by atoms with E-state index in [2.05, 4.69) is 15.8 Å². The molecule has 1 aromatic rings. The van der Waals surface area contributed by atoms with Gasteiger partial charge in [-0.2, -0.15) is 0 Å². The van der Waals surface area contributed by atoms with Crippen molar-refractivity contribution in [3.63, 3.8) is 0 Å². The first-order chi connectivity index (χ1) is 10.0. The Labute approximate surface area is 124 Å². The molecule has 21 heavy (non-hydrogen) atoms. The van der Waals surface area contributed by atoms with Crippen LogP contribution in [0.4, 0.5) is 5.69 Å². The SMILES string of the molecule is CCCNC(=O)CON=C(C)c1ccc(NC(C)=O)cc1. The molecular formula is C15H21N3O3. The molecule has 0 saturated carbocycles. The summed E-state index contributed by atoms with van der Waals surface area (Å²) in [6.07, 6.45) is 0.884. The molecule has 0 heterocycles. The lowest BCUT2D eigenvalue weighted by atomic mass is 10.1. The van der Waals surface area contributed by atoms with Crippen molar-refractivity contribution in [2.75, 3.05) is 18.5 Å². The minimum atomic E-state index is -0.186. The highest BCUT2D eigenvalue weighted by atomic mass is 16.6. The van der Waals surface area contributed by atoms with Crippen LogP contribution >= 0.6 is 0 Å². The molecular weight excluding hydrogens is 270 g/mol. The molecule has 0 atom stereocenters. The molecule has 1 aromatic carbocycles. The van der Waals surface area contributed by atoms with Gasteiger partial charge in [-0.3, -0.25) is 9.59 Å². The van der Waals surface area contributed by atoms with Crippen molar-refractivity contribution in [3.8, 4) is 0 Å². The largest absolute Gasteiger partial charge is 0.385 e. The number of carbonyl (C=O) groups excluding carboxylic acids is 2. The molecule has 0 radical (unpaired) electrons. The van der Waals surface area contributed by atoms with E-state index in [-0.39, 0.29) is 18.4 Å². The molecule has 0 aliphatic rings. The van der Waals surface area contributed by atoms with Crippen LogP contribution in [0, 0.1) is 0 Å². The number of oxime groups is 1. The monoisotopic (exact) mass is 291 g/mol. The zero-order chi connectivity index (χ0) is 15.7. The van der Waals surface area contributed by atoms with Crippen molar-refractivity contribution in [1.29, 1.82) is 0 Å². The highest BCUT2D eigenvalue weighted by Crippen LogP contribution is 2.10. The zero-order valence-electron chi connectivity index (χ0n) is 12.6. The fraction of sp³-hybridized carbons (Fsp3) is 0.400. The summed E-state index contributed by atoms with van der Waals surface area (Å²) < 4.78 is 0. The smallest absolute Gasteiger partial charge is 0.260 e. The molecule has 0 fully saturated rings. The third-order valence-corrected chi connectivity index (χ3v) is 2.59. The molecule has 0 aliphatic carbocycles. The van der Waals surface area contributed by atoms with Crippen LogP contribution in [0.2, 0.25) is 0 Å². The van der Waals surface area contributed by atoms with Crippen LogP contribution in [-0.4, -0.2) is 30.7 Å². The molecule has 6 nitrogen and oxygen atoms in total. The molecule has 1 rings (SSSR count). The Hall–Kier alpha value is -2.37. The summed E-state index contributed by atoms with van der Waals surface area (Å²) in [4.78, 5) is 27.3. The molecule has 0 spiro atoms. The van der Waals surface area contributed by atoms with E-state index in [1.54, 1.807) is 19.1 Å². The zero-order valence-corrected chi connectivity index (χ0v) is 12.6. The molecule has 0 unspecified atom stereocenters. The molecule has 0 saturated heterocycles. The van der Waals surface area contributed by atoms with E-state index in [4.69, 9.17) is 4.84 Å². The molecule has 2 N–H and O–H groups in total. The first kappa shape index (κ1) is 16.7. The lowest BCUT2D eigenvalue weighted by molar-refractivity contribution is -0.125. The molecule has 0 aliphatic heterocycles. The maximum Gasteiger partial charge on any atom is 0.260 e. The number of carbonyl (C=O) groups is 2. The summed E-state index contributed by atoms with van der Waals surface area (Å²) >= 11 is 0. The number of rotatable bonds is 7. The lowest BCUT2D eigenvalue weighted by Crippen LogP contribution is -2.27. The average molecular weight is 291 g/mol. The molecule has 6 heteroatoms. The Balaban J connectivity index is 2.50. The number of hydrogen-bond donors (Lipinski definition) is 2. The maximum absolute atomic E-state index is 11.3. The average Bonchev–Trinajstić information content (AvgIpc) is 2.45. The number of hydrogen-bond acceptors (Lipinski definition) is 4. The molecule has 2 amide bonds. The fourth-order valence-electron chi connectivity index (χ4n) is 1.55. The summed E-state index contributed by atoms with van der Waals surface area (Å²) in [7, 11) is 0. The number of nitrogens with zero attached hydrogens (tertiary/aromatic N) is 1. The normalized spacial score (nSPS) is 10.9. The Morgan fingerprint density at radius 3 is 2.43 bits per heavy atom. The Morgan fingerprint density at radius 1 is 1.19 bits per heavy atom. The van der Waals surface area contributed by atoms with Crippen LogP contribution in [0.15, 0.2) is 29.4 Å². The third kappa shape index (κ3) is 6.56. The van der Waals surface area contributed by atoms with Gasteiger partial charge in [-0.25, -0.2) is 0 Å². The Morgan fingerprint density at radius 2 is 1.86 bits per heavy atom. The van der Waals surface area contributed by atoms with Crippen LogP contribution in [-0.2, 0) is 14.4 Å². The topological polar surface area (TPSA) is 79.8 Å². The maximum atomic E-state index is 11.3. The first-order valence-corrected chi connectivity index (χ1v) is 6.84. The van der Waals surface area contributed by atoms with E-state index in [1.165, 1.54) is 6.92 Å². The minimum absolute atomic E-state index is 0.0959. The van der Waals surface area contributed by atoms with Crippen LogP contribution in [0.25, 0.3) is 0 Å². The van der Waals surface area contributed by atoms with Crippen molar-refractivity contribution in [2.45, 2.75) is 27.2 Å². The van der Waals surface area contributed by atoms with Gasteiger partial charge in [0.15, 0.2) is 6.61 Å². The predicted molar refractivity (Wildman–Crippen MR) is 82.2 cm³/mol. The van der Waals surface area contributed by atoms with Crippen LogP contribution in [0.1, 0.15) is 32.8 Å². The van der Waals surface area contributed by atoms with Gasteiger partial charge in [-0.15, -0.1) is 0 Å². The van der Waals surface area contributed by atoms with Gasteiger partial charge in [-0.05, 0) is 31.0 Å². The van der Waals surface area contributed by atoms with Gasteiger partial charge >= 0.3 is 0 Å². The van der Waals surface area contributed by atoms with Gasteiger partial charge in [0.05, 0.1) is 5.71 Å². The van der Waals surface area contributed by atoms with E-state index in [0.29, 0.717) is 12.3 Å². The van der Waals surface area contributed by atoms with Crippen LogP contribution in [0.3, 0.4) is 0 Å². The van der Waals surface area contributed by atoms with E-state index in [1.807, 2.05) is 19.1 Å². The van der Waals surface area contributed by atoms with E-state index in [0.717, 1.165) is 17.7 Å². The van der Waals surface area contributed by atoms with Gasteiger partial charge < -0.3 is 15.5 Å². The first-order valence-electron chi connectivity index (χ1n) is 6.84. The van der Waals surface area contributed by atoms with Crippen molar-refractivity contribution < 1.29 is 14.4 Å². The second-order valence-electron chi connectivity index (χ2n) is 4.56. The Bertz CT molecular complexity index is 509. The summed E-state index contributed by atoms with van der Waals surface area (Å²) in [5, 5.41) is 9.29. The Kier molecular flexibility index (Phi) is 6.94. The fourth-order valence-corrected chi connectivity index (χ4v) is 1.55. The summed E-state index contributed by atoms with van der Waals surface area (Å²) in [5.41, 5.74) is 2.24. The van der Waals surface area contributed by atoms with E-state index >= 15 is 0 Å². The number of benzene rings is 1. The summed E-state index contributed by atoms with van der Waals surface area (Å²) in [5.74, 6) is -0.302. The minimum Gasteiger partial charge on any atom is -0.385 e. The third-order valence-electron chi connectivity index (χ3n) is 2.59. The van der Waals surface area contributed by atoms with Crippen molar-refractivity contribution in [3.05, 3.63) is 29.8 Å². The molecule has 0 aromatic heterocycles. The summed E-state index contributed by atoms with van der Waals surface area (Å²) in [6.45, 7) is 5.76. The van der Waals surface area contributed by atoms with Gasteiger partial charge in [0.25, 0.3) is 5.91 Å². The standard InChI is InChI=1S/C15H21N3O3/c1-4-9-16-15(20)10-21-18-11(2)13-5-7-14(8-6-13)17-12(3)19/h5-8H,4,9-10H2,1-3H3,(H,16,20)(H,17,19). The van der Waals surface area contributed by atoms with Crippen LogP contribution < -0.4 is 10.6 Å². The van der Waals surface area contributed by atoms with Crippen LogP contribution in [0.5, 0.6) is 0 Å². The number of nitrogens with one attached hydrogen (secondary N) is 2. The predicted octanol–water partition coefficient (Wildman–Crippen LogP) is 1.91. The van der Waals surface area contributed by atoms with Crippen molar-refractivity contribution >= 4 is 23.2 Å². The second-order valence-corrected chi connectivity index (χ2v) is 4.56. The van der Waals surface area contributed by atoms with Gasteiger partial charge in [0, 0.05) is 19.2 Å². The molecule has 114 valence electrons. The van der Waals surface area contributed by atoms with Gasteiger partial charge in [-0.1, -0.05) is 24.2 Å². The number of amides is 2. The van der Waals surface area contributed by atoms with E-state index < -0.39 is 0 Å². The second kappa shape index (κ2) is 8.73. The van der Waals surface area contributed by atoms with Gasteiger partial charge in [0.2, 0.25) is 5.91 Å².